The molecule has 1 N–H and O–H groups in total. The van der Waals surface area contributed by atoms with Crippen LogP contribution in [0.5, 0.6) is 0 Å². The third-order valence-corrected chi connectivity index (χ3v) is 5.59. The van der Waals surface area contributed by atoms with E-state index in [9.17, 15) is 14.4 Å². The first-order valence-electron chi connectivity index (χ1n) is 10.1. The van der Waals surface area contributed by atoms with E-state index in [0.29, 0.717) is 28.0 Å². The van der Waals surface area contributed by atoms with Gasteiger partial charge in [-0.15, -0.1) is 0 Å². The van der Waals surface area contributed by atoms with Gasteiger partial charge in [0.15, 0.2) is 0 Å². The minimum atomic E-state index is -0.366. The third kappa shape index (κ3) is 3.15. The fourth-order valence-corrected chi connectivity index (χ4v) is 4.16. The number of carbonyl (C=O) groups is 2. The van der Waals surface area contributed by atoms with Crippen LogP contribution >= 0.6 is 0 Å². The first-order valence-corrected chi connectivity index (χ1v) is 10.1. The molecular formula is C22H21N5O3. The highest BCUT2D eigenvalue weighted by Gasteiger charge is 2.29. The van der Waals surface area contributed by atoms with E-state index in [1.807, 2.05) is 6.07 Å². The molecule has 3 aromatic rings. The van der Waals surface area contributed by atoms with Gasteiger partial charge in [-0.2, -0.15) is 0 Å². The van der Waals surface area contributed by atoms with Crippen LogP contribution in [0.25, 0.3) is 16.6 Å². The Kier molecular flexibility index (Phi) is 4.55. The molecule has 5 rings (SSSR count). The van der Waals surface area contributed by atoms with Crippen molar-refractivity contribution < 1.29 is 9.59 Å². The average Bonchev–Trinajstić information content (AvgIpc) is 3.22. The van der Waals surface area contributed by atoms with Crippen molar-refractivity contribution in [3.63, 3.8) is 0 Å². The van der Waals surface area contributed by atoms with Crippen LogP contribution in [0.4, 0.5) is 0 Å². The summed E-state index contributed by atoms with van der Waals surface area (Å²) >= 11 is 0. The van der Waals surface area contributed by atoms with Crippen LogP contribution < -0.4 is 11.0 Å². The molecule has 30 heavy (non-hydrogen) atoms. The molecule has 2 amide bonds. The van der Waals surface area contributed by atoms with Crippen molar-refractivity contribution >= 4 is 22.7 Å². The van der Waals surface area contributed by atoms with Crippen LogP contribution in [0, 0.1) is 0 Å². The van der Waals surface area contributed by atoms with E-state index >= 15 is 0 Å². The van der Waals surface area contributed by atoms with Crippen LogP contribution in [-0.2, 0) is 11.3 Å². The Morgan fingerprint density at radius 1 is 1.00 bits per heavy atom. The molecule has 152 valence electrons. The van der Waals surface area contributed by atoms with E-state index in [-0.39, 0.29) is 30.5 Å². The van der Waals surface area contributed by atoms with E-state index in [0.717, 1.165) is 25.9 Å². The molecule has 2 aromatic carbocycles. The molecule has 0 saturated carbocycles. The van der Waals surface area contributed by atoms with Gasteiger partial charge >= 0.3 is 0 Å². The topological polar surface area (TPSA) is 87.5 Å². The smallest absolute Gasteiger partial charge is 0.274 e. The highest BCUT2D eigenvalue weighted by molar-refractivity contribution is 5.99. The summed E-state index contributed by atoms with van der Waals surface area (Å²) in [5.74, 6) is -0.216. The Hall–Kier alpha value is -3.52. The number of nitrogens with one attached hydrogen (secondary N) is 1. The standard InChI is InChI=1S/C22H21N5O3/c28-20(14-25-11-5-6-12-25)24-26-13-19-23-17-9-3-1-7-15(17)22(30)27(19)18-10-4-2-8-16(18)21(26)29/h1-4,7-10H,5-6,11-14H2,(H,24,28). The molecule has 2 aliphatic rings. The monoisotopic (exact) mass is 403 g/mol. The second-order valence-electron chi connectivity index (χ2n) is 7.61. The second-order valence-corrected chi connectivity index (χ2v) is 7.61. The van der Waals surface area contributed by atoms with E-state index in [1.54, 1.807) is 42.5 Å². The summed E-state index contributed by atoms with van der Waals surface area (Å²) in [6.07, 6.45) is 2.16. The lowest BCUT2D eigenvalue weighted by atomic mass is 10.1. The average molecular weight is 403 g/mol. The zero-order valence-corrected chi connectivity index (χ0v) is 16.4. The van der Waals surface area contributed by atoms with E-state index < -0.39 is 0 Å². The fourth-order valence-electron chi connectivity index (χ4n) is 4.16. The summed E-state index contributed by atoms with van der Waals surface area (Å²) in [5.41, 5.74) is 3.87. The Labute approximate surface area is 172 Å². The van der Waals surface area contributed by atoms with E-state index in [1.165, 1.54) is 9.58 Å². The molecular weight excluding hydrogens is 382 g/mol. The normalized spacial score (nSPS) is 16.3. The number of rotatable bonds is 3. The summed E-state index contributed by atoms with van der Waals surface area (Å²) in [6, 6.07) is 14.0. The number of nitrogens with zero attached hydrogens (tertiary/aromatic N) is 4. The molecule has 0 bridgehead atoms. The number of fused-ring (bicyclic) bond motifs is 4. The summed E-state index contributed by atoms with van der Waals surface area (Å²) in [6.45, 7) is 2.01. The number of hydrogen-bond donors (Lipinski definition) is 1. The Bertz CT molecular complexity index is 1210. The van der Waals surface area contributed by atoms with E-state index in [2.05, 4.69) is 15.3 Å². The van der Waals surface area contributed by atoms with Crippen molar-refractivity contribution in [3.8, 4) is 5.69 Å². The predicted octanol–water partition coefficient (Wildman–Crippen LogP) is 1.47. The minimum Gasteiger partial charge on any atom is -0.294 e. The van der Waals surface area contributed by atoms with Crippen LogP contribution in [-0.4, -0.2) is 50.9 Å². The second kappa shape index (κ2) is 7.38. The summed E-state index contributed by atoms with van der Waals surface area (Å²) < 4.78 is 1.47. The zero-order valence-electron chi connectivity index (χ0n) is 16.4. The maximum Gasteiger partial charge on any atom is 0.274 e. The summed E-state index contributed by atoms with van der Waals surface area (Å²) in [4.78, 5) is 45.8. The van der Waals surface area contributed by atoms with Gasteiger partial charge in [-0.05, 0) is 50.2 Å². The molecule has 2 aliphatic heterocycles. The number of para-hydroxylation sites is 2. The van der Waals surface area contributed by atoms with Crippen molar-refractivity contribution in [1.29, 1.82) is 0 Å². The maximum atomic E-state index is 13.3. The molecule has 1 saturated heterocycles. The van der Waals surface area contributed by atoms with Crippen molar-refractivity contribution in [2.24, 2.45) is 0 Å². The molecule has 0 spiro atoms. The molecule has 0 radical (unpaired) electrons. The van der Waals surface area contributed by atoms with Gasteiger partial charge < -0.3 is 0 Å². The number of likely N-dealkylation sites (tertiary alicyclic amines) is 1. The largest absolute Gasteiger partial charge is 0.294 e. The quantitative estimate of drug-likeness (QED) is 0.716. The maximum absolute atomic E-state index is 13.3. The minimum absolute atomic E-state index is 0.000667. The summed E-state index contributed by atoms with van der Waals surface area (Å²) in [7, 11) is 0. The lowest BCUT2D eigenvalue weighted by Crippen LogP contribution is -2.48. The van der Waals surface area contributed by atoms with Gasteiger partial charge in [-0.3, -0.25) is 29.3 Å². The lowest BCUT2D eigenvalue weighted by Gasteiger charge is -2.23. The van der Waals surface area contributed by atoms with Gasteiger partial charge in [0, 0.05) is 0 Å². The number of hydrazine groups is 1. The zero-order chi connectivity index (χ0) is 20.7. The summed E-state index contributed by atoms with van der Waals surface area (Å²) in [5, 5.41) is 1.74. The van der Waals surface area contributed by atoms with Gasteiger partial charge in [0.05, 0.1) is 28.7 Å². The van der Waals surface area contributed by atoms with E-state index in [4.69, 9.17) is 0 Å². The Balaban J connectivity index is 1.58. The number of benzene rings is 2. The van der Waals surface area contributed by atoms with Crippen molar-refractivity contribution in [2.45, 2.75) is 19.4 Å². The molecule has 1 fully saturated rings. The highest BCUT2D eigenvalue weighted by atomic mass is 16.2. The first-order chi connectivity index (χ1) is 14.6. The van der Waals surface area contributed by atoms with Crippen LogP contribution in [0.2, 0.25) is 0 Å². The van der Waals surface area contributed by atoms with Crippen molar-refractivity contribution in [1.82, 2.24) is 24.9 Å². The Morgan fingerprint density at radius 2 is 1.73 bits per heavy atom. The fraction of sp³-hybridized carbons (Fsp3) is 0.273. The molecule has 8 nitrogen and oxygen atoms in total. The molecule has 0 atom stereocenters. The lowest BCUT2D eigenvalue weighted by molar-refractivity contribution is -0.126. The third-order valence-electron chi connectivity index (χ3n) is 5.59. The number of hydrogen-bond acceptors (Lipinski definition) is 5. The van der Waals surface area contributed by atoms with Crippen LogP contribution in [0.15, 0.2) is 53.3 Å². The molecule has 3 heterocycles. The number of aromatic nitrogens is 2. The molecule has 0 unspecified atom stereocenters. The van der Waals surface area contributed by atoms with Crippen molar-refractivity contribution in [2.75, 3.05) is 19.6 Å². The predicted molar refractivity (Wildman–Crippen MR) is 111 cm³/mol. The SMILES string of the molecule is O=C(CN1CCCC1)NN1Cc2nc3ccccc3c(=O)n2-c2ccccc2C1=O. The van der Waals surface area contributed by atoms with Crippen molar-refractivity contribution in [3.05, 3.63) is 70.3 Å². The Morgan fingerprint density at radius 3 is 2.57 bits per heavy atom. The van der Waals surface area contributed by atoms with Gasteiger partial charge in [0.2, 0.25) is 0 Å². The van der Waals surface area contributed by atoms with Gasteiger partial charge in [-0.1, -0.05) is 24.3 Å². The molecule has 1 aromatic heterocycles. The molecule has 0 aliphatic carbocycles. The van der Waals surface area contributed by atoms with Crippen LogP contribution in [0.1, 0.15) is 29.0 Å². The number of carbonyl (C=O) groups excluding carboxylic acids is 2. The highest BCUT2D eigenvalue weighted by Crippen LogP contribution is 2.22. The van der Waals surface area contributed by atoms with Crippen LogP contribution in [0.3, 0.4) is 0 Å². The molecule has 8 heteroatoms. The van der Waals surface area contributed by atoms with Gasteiger partial charge in [-0.25, -0.2) is 9.99 Å². The number of amides is 2. The van der Waals surface area contributed by atoms with Gasteiger partial charge in [0.1, 0.15) is 12.4 Å². The van der Waals surface area contributed by atoms with Gasteiger partial charge in [0.25, 0.3) is 17.4 Å². The first kappa shape index (κ1) is 18.5.